The van der Waals surface area contributed by atoms with Gasteiger partial charge in [-0.2, -0.15) is 5.10 Å². The van der Waals surface area contributed by atoms with Gasteiger partial charge in [0, 0.05) is 16.3 Å². The Morgan fingerprint density at radius 1 is 0.913 bits per heavy atom. The minimum absolute atomic E-state index is 0.376. The lowest BCUT2D eigenvalue weighted by Crippen LogP contribution is -2.32. The van der Waals surface area contributed by atoms with Gasteiger partial charge in [0.1, 0.15) is 0 Å². The molecule has 0 aromatic heterocycles. The summed E-state index contributed by atoms with van der Waals surface area (Å²) in [7, 11) is 0. The Morgan fingerprint density at radius 3 is 2.13 bits per heavy atom. The first-order chi connectivity index (χ1) is 11.0. The SMILES string of the molecule is O=C(NN=Cc1c(Cl)cccc1Cl)C(=O)Nc1ccc(Cl)cc1. The number of hydrazone groups is 1. The van der Waals surface area contributed by atoms with Gasteiger partial charge < -0.3 is 5.32 Å². The highest BCUT2D eigenvalue weighted by Gasteiger charge is 2.12. The predicted octanol–water partition coefficient (Wildman–Crippen LogP) is 3.74. The van der Waals surface area contributed by atoms with Gasteiger partial charge in [0.15, 0.2) is 0 Å². The molecular formula is C15H10Cl3N3O2. The zero-order valence-corrected chi connectivity index (χ0v) is 13.8. The van der Waals surface area contributed by atoms with Crippen molar-refractivity contribution in [1.82, 2.24) is 5.43 Å². The molecule has 2 aromatic carbocycles. The number of nitrogens with zero attached hydrogens (tertiary/aromatic N) is 1. The summed E-state index contributed by atoms with van der Waals surface area (Å²) in [6.07, 6.45) is 1.26. The van der Waals surface area contributed by atoms with Crippen LogP contribution in [0, 0.1) is 0 Å². The van der Waals surface area contributed by atoms with Crippen molar-refractivity contribution in [2.75, 3.05) is 5.32 Å². The fourth-order valence-corrected chi connectivity index (χ4v) is 2.18. The molecule has 0 unspecified atom stereocenters. The summed E-state index contributed by atoms with van der Waals surface area (Å²) in [5, 5.41) is 7.34. The van der Waals surface area contributed by atoms with Gasteiger partial charge >= 0.3 is 11.8 Å². The van der Waals surface area contributed by atoms with E-state index in [1.54, 1.807) is 42.5 Å². The second-order valence-electron chi connectivity index (χ2n) is 4.30. The van der Waals surface area contributed by atoms with Crippen molar-refractivity contribution >= 4 is 58.5 Å². The van der Waals surface area contributed by atoms with Crippen molar-refractivity contribution in [3.05, 3.63) is 63.1 Å². The molecule has 0 bridgehead atoms. The molecule has 118 valence electrons. The number of nitrogens with one attached hydrogen (secondary N) is 2. The third kappa shape index (κ3) is 4.96. The molecule has 5 nitrogen and oxygen atoms in total. The first-order valence-electron chi connectivity index (χ1n) is 6.31. The smallest absolute Gasteiger partial charge is 0.318 e. The van der Waals surface area contributed by atoms with Crippen LogP contribution in [0.4, 0.5) is 5.69 Å². The van der Waals surface area contributed by atoms with Gasteiger partial charge in [-0.3, -0.25) is 9.59 Å². The molecule has 0 radical (unpaired) electrons. The summed E-state index contributed by atoms with van der Waals surface area (Å²) in [5.74, 6) is -1.80. The molecule has 0 saturated carbocycles. The maximum atomic E-state index is 11.7. The summed E-state index contributed by atoms with van der Waals surface area (Å²) in [4.78, 5) is 23.3. The number of rotatable bonds is 3. The highest BCUT2D eigenvalue weighted by Crippen LogP contribution is 2.22. The highest BCUT2D eigenvalue weighted by atomic mass is 35.5. The van der Waals surface area contributed by atoms with E-state index >= 15 is 0 Å². The molecule has 0 aliphatic carbocycles. The Balaban J connectivity index is 1.95. The van der Waals surface area contributed by atoms with Gasteiger partial charge in [-0.1, -0.05) is 40.9 Å². The summed E-state index contributed by atoms with van der Waals surface area (Å²) in [6.45, 7) is 0. The molecule has 0 heterocycles. The van der Waals surface area contributed by atoms with Crippen LogP contribution in [0.25, 0.3) is 0 Å². The number of anilines is 1. The van der Waals surface area contributed by atoms with E-state index in [1.165, 1.54) is 6.21 Å². The van der Waals surface area contributed by atoms with Crippen LogP contribution in [0.3, 0.4) is 0 Å². The van der Waals surface area contributed by atoms with Crippen molar-refractivity contribution in [2.24, 2.45) is 5.10 Å². The molecule has 2 amide bonds. The average molecular weight is 371 g/mol. The van der Waals surface area contributed by atoms with Gasteiger partial charge in [0.2, 0.25) is 0 Å². The van der Waals surface area contributed by atoms with Crippen molar-refractivity contribution in [3.63, 3.8) is 0 Å². The number of halogens is 3. The zero-order chi connectivity index (χ0) is 16.8. The van der Waals surface area contributed by atoms with E-state index in [0.29, 0.717) is 26.3 Å². The maximum Gasteiger partial charge on any atom is 0.329 e. The van der Waals surface area contributed by atoms with Crippen LogP contribution in [0.5, 0.6) is 0 Å². The van der Waals surface area contributed by atoms with E-state index in [1.807, 2.05) is 0 Å². The number of carbonyl (C=O) groups excluding carboxylic acids is 2. The molecule has 0 atom stereocenters. The third-order valence-electron chi connectivity index (χ3n) is 2.67. The van der Waals surface area contributed by atoms with Crippen LogP contribution >= 0.6 is 34.8 Å². The Hall–Kier alpha value is -2.08. The largest absolute Gasteiger partial charge is 0.329 e. The zero-order valence-electron chi connectivity index (χ0n) is 11.5. The molecule has 0 spiro atoms. The van der Waals surface area contributed by atoms with Gasteiger partial charge in [0.05, 0.1) is 16.3 Å². The molecule has 8 heteroatoms. The molecular weight excluding hydrogens is 361 g/mol. The summed E-state index contributed by atoms with van der Waals surface area (Å²) in [6, 6.07) is 11.3. The maximum absolute atomic E-state index is 11.7. The summed E-state index contributed by atoms with van der Waals surface area (Å²) >= 11 is 17.6. The van der Waals surface area contributed by atoms with E-state index in [0.717, 1.165) is 0 Å². The van der Waals surface area contributed by atoms with E-state index in [4.69, 9.17) is 34.8 Å². The quantitative estimate of drug-likeness (QED) is 0.491. The number of hydrogen-bond acceptors (Lipinski definition) is 3. The lowest BCUT2D eigenvalue weighted by molar-refractivity contribution is -0.136. The molecule has 2 aromatic rings. The van der Waals surface area contributed by atoms with Gasteiger partial charge in [0.25, 0.3) is 0 Å². The van der Waals surface area contributed by atoms with Crippen LogP contribution in [0.15, 0.2) is 47.6 Å². The Bertz CT molecular complexity index is 741. The summed E-state index contributed by atoms with van der Waals surface area (Å²) < 4.78 is 0. The molecule has 0 saturated heterocycles. The molecule has 0 aliphatic heterocycles. The Morgan fingerprint density at radius 2 is 1.52 bits per heavy atom. The first kappa shape index (κ1) is 17.3. The van der Waals surface area contributed by atoms with Crippen LogP contribution in [-0.2, 0) is 9.59 Å². The van der Waals surface area contributed by atoms with Gasteiger partial charge in [-0.15, -0.1) is 0 Å². The molecule has 2 N–H and O–H groups in total. The predicted molar refractivity (Wildman–Crippen MR) is 92.3 cm³/mol. The topological polar surface area (TPSA) is 70.6 Å². The second kappa shape index (κ2) is 7.97. The van der Waals surface area contributed by atoms with E-state index in [2.05, 4.69) is 15.8 Å². The van der Waals surface area contributed by atoms with Crippen molar-refractivity contribution in [1.29, 1.82) is 0 Å². The van der Waals surface area contributed by atoms with Crippen LogP contribution in [0.2, 0.25) is 15.1 Å². The summed E-state index contributed by atoms with van der Waals surface area (Å²) in [5.41, 5.74) is 2.97. The van der Waals surface area contributed by atoms with Crippen LogP contribution in [-0.4, -0.2) is 18.0 Å². The Kier molecular flexibility index (Phi) is 5.98. The molecule has 2 rings (SSSR count). The number of amides is 2. The van der Waals surface area contributed by atoms with Crippen molar-refractivity contribution in [2.45, 2.75) is 0 Å². The third-order valence-corrected chi connectivity index (χ3v) is 3.58. The van der Waals surface area contributed by atoms with Crippen molar-refractivity contribution in [3.8, 4) is 0 Å². The number of benzene rings is 2. The standard InChI is InChI=1S/C15H10Cl3N3O2/c16-9-4-6-10(7-5-9)20-14(22)15(23)21-19-8-11-12(17)2-1-3-13(11)18/h1-8H,(H,20,22)(H,21,23). The fraction of sp³-hybridized carbons (Fsp3) is 0. The lowest BCUT2D eigenvalue weighted by atomic mass is 10.2. The fourth-order valence-electron chi connectivity index (χ4n) is 1.56. The van der Waals surface area contributed by atoms with Crippen LogP contribution in [0.1, 0.15) is 5.56 Å². The molecule has 0 aliphatic rings. The highest BCUT2D eigenvalue weighted by molar-refractivity contribution is 6.40. The molecule has 0 fully saturated rings. The van der Waals surface area contributed by atoms with Crippen LogP contribution < -0.4 is 10.7 Å². The van der Waals surface area contributed by atoms with E-state index < -0.39 is 11.8 Å². The second-order valence-corrected chi connectivity index (χ2v) is 5.55. The number of carbonyl (C=O) groups is 2. The normalized spacial score (nSPS) is 10.6. The monoisotopic (exact) mass is 369 g/mol. The molecule has 23 heavy (non-hydrogen) atoms. The minimum Gasteiger partial charge on any atom is -0.318 e. The minimum atomic E-state index is -0.931. The van der Waals surface area contributed by atoms with E-state index in [9.17, 15) is 9.59 Å². The number of hydrogen-bond donors (Lipinski definition) is 2. The van der Waals surface area contributed by atoms with E-state index in [-0.39, 0.29) is 0 Å². The average Bonchev–Trinajstić information content (AvgIpc) is 2.52. The Labute approximate surface area is 147 Å². The lowest BCUT2D eigenvalue weighted by Gasteiger charge is -2.04. The van der Waals surface area contributed by atoms with Crippen molar-refractivity contribution < 1.29 is 9.59 Å². The van der Waals surface area contributed by atoms with Gasteiger partial charge in [-0.25, -0.2) is 5.43 Å². The first-order valence-corrected chi connectivity index (χ1v) is 7.44. The van der Waals surface area contributed by atoms with Gasteiger partial charge in [-0.05, 0) is 36.4 Å².